The first-order valence-corrected chi connectivity index (χ1v) is 9.84. The predicted octanol–water partition coefficient (Wildman–Crippen LogP) is 4.90. The number of aromatic hydroxyl groups is 1. The van der Waals surface area contributed by atoms with Crippen molar-refractivity contribution in [3.05, 3.63) is 31.3 Å². The zero-order chi connectivity index (χ0) is 19.0. The van der Waals surface area contributed by atoms with Crippen LogP contribution in [-0.4, -0.2) is 34.6 Å². The highest BCUT2D eigenvalue weighted by atomic mass is 79.9. The number of nitrogens with zero attached hydrogens (tertiary/aromatic N) is 1. The number of carbonyl (C=O) groups excluding carboxylic acids is 1. The van der Waals surface area contributed by atoms with Crippen LogP contribution in [0.1, 0.15) is 16.6 Å². The van der Waals surface area contributed by atoms with Crippen LogP contribution in [0.25, 0.3) is 21.5 Å². The van der Waals surface area contributed by atoms with Gasteiger partial charge in [0.05, 0.1) is 27.7 Å². The summed E-state index contributed by atoms with van der Waals surface area (Å²) in [4.78, 5) is 20.0. The van der Waals surface area contributed by atoms with Crippen LogP contribution in [0.15, 0.2) is 16.6 Å². The number of methoxy groups -OCH3 is 1. The normalized spacial score (nSPS) is 10.9. The molecule has 0 atom stereocenters. The molecule has 0 aliphatic heterocycles. The second kappa shape index (κ2) is 7.51. The Bertz CT molecular complexity index is 1080. The van der Waals surface area contributed by atoms with Crippen LogP contribution in [-0.2, 0) is 0 Å². The summed E-state index contributed by atoms with van der Waals surface area (Å²) in [6, 6.07) is 3.41. The van der Waals surface area contributed by atoms with Gasteiger partial charge in [0.1, 0.15) is 15.5 Å². The van der Waals surface area contributed by atoms with Gasteiger partial charge in [-0.2, -0.15) is 0 Å². The Morgan fingerprint density at radius 2 is 2.27 bits per heavy atom. The monoisotopic (exact) mass is 473 g/mol. The molecule has 1 amide bonds. The van der Waals surface area contributed by atoms with E-state index >= 15 is 0 Å². The van der Waals surface area contributed by atoms with Gasteiger partial charge in [-0.05, 0) is 47.2 Å². The summed E-state index contributed by atoms with van der Waals surface area (Å²) in [6.07, 6.45) is 0. The van der Waals surface area contributed by atoms with Gasteiger partial charge in [-0.1, -0.05) is 11.6 Å². The zero-order valence-corrected chi connectivity index (χ0v) is 17.6. The van der Waals surface area contributed by atoms with Crippen LogP contribution >= 0.6 is 51.1 Å². The van der Waals surface area contributed by atoms with Crippen LogP contribution in [0.2, 0.25) is 5.02 Å². The summed E-state index contributed by atoms with van der Waals surface area (Å²) in [5.41, 5.74) is 1.04. The lowest BCUT2D eigenvalue weighted by Crippen LogP contribution is -2.21. The number of nitrogens with one attached hydrogen (secondary N) is 2. The number of carbonyl (C=O) groups is 1. The average molecular weight is 475 g/mol. The Morgan fingerprint density at radius 3 is 2.92 bits per heavy atom. The third kappa shape index (κ3) is 3.32. The number of rotatable bonds is 4. The van der Waals surface area contributed by atoms with Crippen molar-refractivity contribution in [3.63, 3.8) is 0 Å². The van der Waals surface area contributed by atoms with Gasteiger partial charge in [-0.3, -0.25) is 4.79 Å². The molecule has 0 spiro atoms. The quantitative estimate of drug-likeness (QED) is 0.468. The van der Waals surface area contributed by atoms with Crippen molar-refractivity contribution in [1.82, 2.24) is 15.3 Å². The Morgan fingerprint density at radius 1 is 1.54 bits per heavy atom. The number of fused-ring (bicyclic) bond motifs is 1. The van der Waals surface area contributed by atoms with Crippen molar-refractivity contribution in [2.24, 2.45) is 0 Å². The maximum atomic E-state index is 12.2. The van der Waals surface area contributed by atoms with Gasteiger partial charge in [0.25, 0.3) is 5.91 Å². The topological polar surface area (TPSA) is 87.2 Å². The molecule has 0 radical (unpaired) electrons. The van der Waals surface area contributed by atoms with Gasteiger partial charge in [-0.15, -0.1) is 11.3 Å². The smallest absolute Gasteiger partial charge is 0.265 e. The fraction of sp³-hybridized carbons (Fsp3) is 0.188. The lowest BCUT2D eigenvalue weighted by Gasteiger charge is -2.11. The van der Waals surface area contributed by atoms with Crippen molar-refractivity contribution in [1.29, 1.82) is 0 Å². The minimum absolute atomic E-state index is 0.164. The number of halogens is 2. The largest absolute Gasteiger partial charge is 0.505 e. The number of aromatic amines is 1. The molecule has 6 nitrogen and oxygen atoms in total. The van der Waals surface area contributed by atoms with Crippen molar-refractivity contribution < 1.29 is 14.6 Å². The van der Waals surface area contributed by atoms with E-state index in [9.17, 15) is 9.90 Å². The van der Waals surface area contributed by atoms with Gasteiger partial charge < -0.3 is 20.1 Å². The molecule has 0 bridgehead atoms. The highest BCUT2D eigenvalue weighted by Gasteiger charge is 2.23. The highest BCUT2D eigenvalue weighted by Crippen LogP contribution is 2.44. The third-order valence-corrected chi connectivity index (χ3v) is 5.80. The third-order valence-electron chi connectivity index (χ3n) is 3.60. The van der Waals surface area contributed by atoms with E-state index in [0.717, 1.165) is 11.3 Å². The molecule has 3 N–H and O–H groups in total. The predicted molar refractivity (Wildman–Crippen MR) is 109 cm³/mol. The van der Waals surface area contributed by atoms with E-state index in [0.29, 0.717) is 43.3 Å². The van der Waals surface area contributed by atoms with Crippen molar-refractivity contribution in [3.8, 4) is 22.8 Å². The summed E-state index contributed by atoms with van der Waals surface area (Å²) in [5, 5.41) is 14.1. The minimum Gasteiger partial charge on any atom is -0.505 e. The van der Waals surface area contributed by atoms with Gasteiger partial charge in [0, 0.05) is 12.1 Å². The molecule has 2 heterocycles. The van der Waals surface area contributed by atoms with Gasteiger partial charge >= 0.3 is 0 Å². The summed E-state index contributed by atoms with van der Waals surface area (Å²) in [5.74, 6) is 0.0272. The molecule has 0 saturated heterocycles. The molecule has 1 aromatic carbocycles. The fourth-order valence-electron chi connectivity index (χ4n) is 2.48. The molecule has 10 heteroatoms. The number of amides is 1. The maximum Gasteiger partial charge on any atom is 0.265 e. The molecule has 26 heavy (non-hydrogen) atoms. The number of aromatic nitrogens is 2. The molecule has 0 aliphatic carbocycles. The number of hydrogen-bond acceptors (Lipinski definition) is 6. The Balaban J connectivity index is 2.34. The molecular formula is C16H13BrClN3O3S2. The molecule has 136 valence electrons. The molecule has 0 unspecified atom stereocenters. The molecule has 0 aliphatic rings. The number of thiophene rings is 1. The Kier molecular flexibility index (Phi) is 5.52. The molecule has 2 aromatic heterocycles. The first-order chi connectivity index (χ1) is 12.4. The van der Waals surface area contributed by atoms with Crippen molar-refractivity contribution in [2.45, 2.75) is 6.92 Å². The molecule has 3 aromatic rings. The van der Waals surface area contributed by atoms with Gasteiger partial charge in [-0.25, -0.2) is 4.98 Å². The number of hydrogen-bond donors (Lipinski definition) is 3. The van der Waals surface area contributed by atoms with Crippen LogP contribution in [0.5, 0.6) is 11.5 Å². The van der Waals surface area contributed by atoms with Crippen LogP contribution in [0.4, 0.5) is 0 Å². The first-order valence-electron chi connectivity index (χ1n) is 7.44. The number of benzene rings is 1. The lowest BCUT2D eigenvalue weighted by atomic mass is 10.1. The van der Waals surface area contributed by atoms with E-state index < -0.39 is 0 Å². The minimum atomic E-state index is -0.371. The fourth-order valence-corrected chi connectivity index (χ4v) is 4.62. The summed E-state index contributed by atoms with van der Waals surface area (Å²) >= 11 is 16.1. The van der Waals surface area contributed by atoms with Crippen molar-refractivity contribution >= 4 is 67.2 Å². The number of ether oxygens (including phenoxy) is 1. The van der Waals surface area contributed by atoms with Crippen molar-refractivity contribution in [2.75, 3.05) is 13.7 Å². The van der Waals surface area contributed by atoms with Crippen LogP contribution in [0.3, 0.4) is 0 Å². The highest BCUT2D eigenvalue weighted by molar-refractivity contribution is 9.10. The lowest BCUT2D eigenvalue weighted by molar-refractivity contribution is 0.0957. The first kappa shape index (κ1) is 19.1. The number of H-pyrrole nitrogens is 1. The van der Waals surface area contributed by atoms with Gasteiger partial charge in [0.2, 0.25) is 0 Å². The second-order valence-electron chi connectivity index (χ2n) is 5.20. The summed E-state index contributed by atoms with van der Waals surface area (Å²) in [7, 11) is 1.54. The van der Waals surface area contributed by atoms with Gasteiger partial charge in [0.15, 0.2) is 10.5 Å². The Hall–Kier alpha value is -1.68. The van der Waals surface area contributed by atoms with Crippen LogP contribution in [0, 0.1) is 4.77 Å². The zero-order valence-electron chi connectivity index (χ0n) is 13.6. The van der Waals surface area contributed by atoms with E-state index in [1.165, 1.54) is 7.11 Å². The summed E-state index contributed by atoms with van der Waals surface area (Å²) in [6.45, 7) is 2.25. The average Bonchev–Trinajstić information content (AvgIpc) is 2.91. The molecule has 0 fully saturated rings. The SMILES string of the molecule is CCNC(=O)c1sc2nc(=S)[nH]c(-c3cc(OC)c(Br)cc3Cl)c2c1O. The molecule has 3 rings (SSSR count). The summed E-state index contributed by atoms with van der Waals surface area (Å²) < 4.78 is 6.23. The van der Waals surface area contributed by atoms with E-state index in [4.69, 9.17) is 28.6 Å². The molecular weight excluding hydrogens is 462 g/mol. The standard InChI is InChI=1S/C16H13BrClN3O3S2/c1-3-19-14(23)13-12(22)10-11(20-16(25)21-15(10)26-13)6-4-9(24-2)7(17)5-8(6)18/h4-5,22H,3H2,1-2H3,(H,19,23)(H,20,21,25). The molecule has 0 saturated carbocycles. The van der Waals surface area contributed by atoms with E-state index in [1.807, 2.05) is 0 Å². The Labute approximate surface area is 171 Å². The van der Waals surface area contributed by atoms with Crippen LogP contribution < -0.4 is 10.1 Å². The maximum absolute atomic E-state index is 12.2. The second-order valence-corrected chi connectivity index (χ2v) is 7.85. The van der Waals surface area contributed by atoms with E-state index in [-0.39, 0.29) is 21.3 Å². The van der Waals surface area contributed by atoms with E-state index in [1.54, 1.807) is 19.1 Å². The van der Waals surface area contributed by atoms with E-state index in [2.05, 4.69) is 31.2 Å².